The number of carbonyl (C=O) groups excluding carboxylic acids is 1. The van der Waals surface area contributed by atoms with E-state index in [9.17, 15) is 4.79 Å². The summed E-state index contributed by atoms with van der Waals surface area (Å²) >= 11 is 1.29. The lowest BCUT2D eigenvalue weighted by Gasteiger charge is -2.64. The molecule has 1 amide bonds. The van der Waals surface area contributed by atoms with Crippen molar-refractivity contribution in [2.75, 3.05) is 11.9 Å². The molecular formula is C12H18N4O2S. The van der Waals surface area contributed by atoms with Gasteiger partial charge in [-0.05, 0) is 12.8 Å². The van der Waals surface area contributed by atoms with E-state index in [1.807, 2.05) is 13.8 Å². The van der Waals surface area contributed by atoms with Gasteiger partial charge in [0.15, 0.2) is 0 Å². The van der Waals surface area contributed by atoms with Crippen LogP contribution in [0.1, 0.15) is 26.7 Å². The van der Waals surface area contributed by atoms with Gasteiger partial charge in [0.25, 0.3) is 0 Å². The topological polar surface area (TPSA) is 90.1 Å². The monoisotopic (exact) mass is 282 g/mol. The normalized spacial score (nSPS) is 36.2. The molecule has 1 saturated carbocycles. The van der Waals surface area contributed by atoms with Crippen molar-refractivity contribution >= 4 is 22.4 Å². The Morgan fingerprint density at radius 3 is 3.11 bits per heavy atom. The van der Waals surface area contributed by atoms with E-state index in [1.54, 1.807) is 5.51 Å². The predicted octanol–water partition coefficient (Wildman–Crippen LogP) is 1.01. The van der Waals surface area contributed by atoms with Crippen LogP contribution in [0.25, 0.3) is 0 Å². The highest BCUT2D eigenvalue weighted by Crippen LogP contribution is 2.57. The molecule has 6 nitrogen and oxygen atoms in total. The summed E-state index contributed by atoms with van der Waals surface area (Å²) in [5.41, 5.74) is 6.77. The van der Waals surface area contributed by atoms with Gasteiger partial charge in [-0.15, -0.1) is 10.2 Å². The van der Waals surface area contributed by atoms with Crippen LogP contribution in [0.4, 0.5) is 5.13 Å². The van der Waals surface area contributed by atoms with Gasteiger partial charge in [-0.3, -0.25) is 10.1 Å². The fourth-order valence-electron chi connectivity index (χ4n) is 3.46. The third-order valence-electron chi connectivity index (χ3n) is 4.64. The molecule has 1 aliphatic carbocycles. The Morgan fingerprint density at radius 2 is 2.42 bits per heavy atom. The predicted molar refractivity (Wildman–Crippen MR) is 71.7 cm³/mol. The van der Waals surface area contributed by atoms with Crippen molar-refractivity contribution in [2.45, 2.75) is 38.3 Å². The number of ether oxygens (including phenoxy) is 1. The van der Waals surface area contributed by atoms with E-state index in [2.05, 4.69) is 15.5 Å². The van der Waals surface area contributed by atoms with Crippen molar-refractivity contribution in [3.8, 4) is 0 Å². The fraction of sp³-hybridized carbons (Fsp3) is 0.750. The molecule has 7 heteroatoms. The maximum Gasteiger partial charge on any atom is 0.247 e. The zero-order valence-electron chi connectivity index (χ0n) is 11.0. The van der Waals surface area contributed by atoms with Crippen LogP contribution >= 0.6 is 11.3 Å². The summed E-state index contributed by atoms with van der Waals surface area (Å²) in [7, 11) is 0. The van der Waals surface area contributed by atoms with Crippen LogP contribution in [0.2, 0.25) is 0 Å². The van der Waals surface area contributed by atoms with Gasteiger partial charge in [0.2, 0.25) is 11.0 Å². The molecule has 1 aromatic heterocycles. The average molecular weight is 282 g/mol. The highest BCUT2D eigenvalue weighted by molar-refractivity contribution is 7.13. The molecule has 0 aromatic carbocycles. The van der Waals surface area contributed by atoms with Gasteiger partial charge in [0.05, 0.1) is 6.10 Å². The minimum Gasteiger partial charge on any atom is -0.377 e. The SMILES string of the molecule is CC1(C)C2OCCCC2C1(N)C(=O)Nc1nncs1. The number of aromatic nitrogens is 2. The summed E-state index contributed by atoms with van der Waals surface area (Å²) in [4.78, 5) is 12.5. The molecule has 0 bridgehead atoms. The Bertz CT molecular complexity index is 490. The van der Waals surface area contributed by atoms with E-state index >= 15 is 0 Å². The van der Waals surface area contributed by atoms with Crippen molar-refractivity contribution in [1.29, 1.82) is 0 Å². The largest absolute Gasteiger partial charge is 0.377 e. The Kier molecular flexibility index (Phi) is 2.88. The summed E-state index contributed by atoms with van der Waals surface area (Å²) < 4.78 is 5.79. The lowest BCUT2D eigenvalue weighted by molar-refractivity contribution is -0.222. The van der Waals surface area contributed by atoms with Crippen molar-refractivity contribution in [3.63, 3.8) is 0 Å². The quantitative estimate of drug-likeness (QED) is 0.845. The van der Waals surface area contributed by atoms with Gasteiger partial charge >= 0.3 is 0 Å². The second-order valence-corrected chi connectivity index (χ2v) is 6.66. The zero-order valence-corrected chi connectivity index (χ0v) is 11.9. The lowest BCUT2D eigenvalue weighted by atomic mass is 9.46. The van der Waals surface area contributed by atoms with Crippen molar-refractivity contribution in [3.05, 3.63) is 5.51 Å². The highest BCUT2D eigenvalue weighted by atomic mass is 32.1. The second kappa shape index (κ2) is 4.22. The van der Waals surface area contributed by atoms with Crippen LogP contribution in [0.5, 0.6) is 0 Å². The molecule has 19 heavy (non-hydrogen) atoms. The van der Waals surface area contributed by atoms with Crippen LogP contribution in [-0.2, 0) is 9.53 Å². The summed E-state index contributed by atoms with van der Waals surface area (Å²) in [5, 5.41) is 10.8. The van der Waals surface area contributed by atoms with Crippen molar-refractivity contribution in [1.82, 2.24) is 10.2 Å². The minimum atomic E-state index is -0.899. The number of nitrogens with one attached hydrogen (secondary N) is 1. The van der Waals surface area contributed by atoms with E-state index in [-0.39, 0.29) is 23.3 Å². The molecule has 0 spiro atoms. The number of nitrogens with zero attached hydrogens (tertiary/aromatic N) is 2. The summed E-state index contributed by atoms with van der Waals surface area (Å²) in [6, 6.07) is 0. The number of fused-ring (bicyclic) bond motifs is 1. The first-order valence-electron chi connectivity index (χ1n) is 6.46. The van der Waals surface area contributed by atoms with Crippen LogP contribution in [0.15, 0.2) is 5.51 Å². The number of carbonyl (C=O) groups is 1. The molecule has 3 rings (SSSR count). The van der Waals surface area contributed by atoms with Crippen LogP contribution in [0.3, 0.4) is 0 Å². The maximum absolute atomic E-state index is 12.5. The first kappa shape index (κ1) is 13.0. The maximum atomic E-state index is 12.5. The number of hydrogen-bond donors (Lipinski definition) is 2. The summed E-state index contributed by atoms with van der Waals surface area (Å²) in [6.45, 7) is 4.76. The first-order valence-corrected chi connectivity index (χ1v) is 7.34. The number of nitrogens with two attached hydrogens (primary N) is 1. The smallest absolute Gasteiger partial charge is 0.247 e. The van der Waals surface area contributed by atoms with E-state index in [0.717, 1.165) is 19.4 Å². The zero-order chi connectivity index (χ0) is 13.7. The standard InChI is InChI=1S/C12H18N4O2S/c1-11(2)8-7(4-3-5-18-8)12(11,13)9(17)15-10-16-14-6-19-10/h6-8H,3-5,13H2,1-2H3,(H,15,16,17). The second-order valence-electron chi connectivity index (χ2n) is 5.83. The molecule has 1 saturated heterocycles. The van der Waals surface area contributed by atoms with Gasteiger partial charge < -0.3 is 10.5 Å². The minimum absolute atomic E-state index is 0.0754. The van der Waals surface area contributed by atoms with Crippen LogP contribution < -0.4 is 11.1 Å². The molecule has 2 heterocycles. The van der Waals surface area contributed by atoms with Crippen LogP contribution in [-0.4, -0.2) is 34.4 Å². The molecule has 2 fully saturated rings. The van der Waals surface area contributed by atoms with E-state index in [0.29, 0.717) is 5.13 Å². The molecule has 1 aliphatic heterocycles. The molecular weight excluding hydrogens is 264 g/mol. The highest BCUT2D eigenvalue weighted by Gasteiger charge is 2.70. The van der Waals surface area contributed by atoms with Crippen LogP contribution in [0, 0.1) is 11.3 Å². The Hall–Kier alpha value is -1.05. The average Bonchev–Trinajstić information content (AvgIpc) is 2.90. The number of rotatable bonds is 2. The van der Waals surface area contributed by atoms with Gasteiger partial charge in [0, 0.05) is 17.9 Å². The third-order valence-corrected chi connectivity index (χ3v) is 5.25. The van der Waals surface area contributed by atoms with Gasteiger partial charge in [0.1, 0.15) is 11.0 Å². The third kappa shape index (κ3) is 1.65. The first-order chi connectivity index (χ1) is 8.98. The number of hydrogen-bond acceptors (Lipinski definition) is 6. The fourth-order valence-corrected chi connectivity index (χ4v) is 3.90. The molecule has 0 radical (unpaired) electrons. The van der Waals surface area contributed by atoms with Gasteiger partial charge in [-0.25, -0.2) is 0 Å². The molecule has 1 aromatic rings. The molecule has 3 unspecified atom stereocenters. The Morgan fingerprint density at radius 1 is 1.63 bits per heavy atom. The van der Waals surface area contributed by atoms with Crippen molar-refractivity contribution < 1.29 is 9.53 Å². The lowest BCUT2D eigenvalue weighted by Crippen LogP contribution is -2.81. The number of anilines is 1. The van der Waals surface area contributed by atoms with E-state index in [1.165, 1.54) is 11.3 Å². The Labute approximate surface area is 115 Å². The molecule has 3 atom stereocenters. The van der Waals surface area contributed by atoms with Crippen molar-refractivity contribution in [2.24, 2.45) is 17.1 Å². The Balaban J connectivity index is 1.83. The summed E-state index contributed by atoms with van der Waals surface area (Å²) in [5.74, 6) is -0.0924. The molecule has 2 aliphatic rings. The molecule has 3 N–H and O–H groups in total. The van der Waals surface area contributed by atoms with E-state index < -0.39 is 5.54 Å². The van der Waals surface area contributed by atoms with E-state index in [4.69, 9.17) is 10.5 Å². The summed E-state index contributed by atoms with van der Waals surface area (Å²) in [6.07, 6.45) is 1.97. The van der Waals surface area contributed by atoms with Gasteiger partial charge in [-0.1, -0.05) is 25.2 Å². The van der Waals surface area contributed by atoms with Gasteiger partial charge in [-0.2, -0.15) is 0 Å². The molecule has 104 valence electrons. The number of amides is 1.